The number of carbonyl (C=O) groups is 1. The summed E-state index contributed by atoms with van der Waals surface area (Å²) in [5, 5.41) is 4.10. The predicted octanol–water partition coefficient (Wildman–Crippen LogP) is 2.61. The molecule has 2 saturated heterocycles. The molecule has 0 bridgehead atoms. The van der Waals surface area contributed by atoms with Gasteiger partial charge in [-0.1, -0.05) is 22.9 Å². The summed E-state index contributed by atoms with van der Waals surface area (Å²) in [5.41, 5.74) is 0.422. The van der Waals surface area contributed by atoms with Gasteiger partial charge in [-0.25, -0.2) is 9.97 Å². The third kappa shape index (κ3) is 2.65. The maximum absolute atomic E-state index is 12.0. The van der Waals surface area contributed by atoms with E-state index in [-0.39, 0.29) is 12.0 Å². The Bertz CT molecular complexity index is 789. The number of piperidine rings is 1. The number of benzene rings is 1. The lowest BCUT2D eigenvalue weighted by Crippen LogP contribution is -2.52. The first-order valence-electron chi connectivity index (χ1n) is 8.25. The number of rotatable bonds is 2. The fraction of sp³-hybridized carbons (Fsp3) is 0.471. The second-order valence-corrected chi connectivity index (χ2v) is 7.26. The Kier molecular flexibility index (Phi) is 3.92. The molecule has 2 aliphatic heterocycles. The molecular weight excluding hydrogens is 372 g/mol. The van der Waals surface area contributed by atoms with Gasteiger partial charge in [-0.05, 0) is 24.6 Å². The lowest BCUT2D eigenvalue weighted by atomic mass is 10.0. The van der Waals surface area contributed by atoms with Crippen molar-refractivity contribution >= 4 is 38.6 Å². The van der Waals surface area contributed by atoms with E-state index in [1.54, 1.807) is 6.33 Å². The summed E-state index contributed by atoms with van der Waals surface area (Å²) in [4.78, 5) is 23.1. The number of amides is 1. The molecule has 0 aliphatic carbocycles. The average Bonchev–Trinajstić information content (AvgIpc) is 2.90. The maximum Gasteiger partial charge on any atom is 0.251 e. The largest absolute Gasteiger partial charge is 0.356 e. The number of aromatic nitrogens is 2. The molecule has 1 amide bonds. The van der Waals surface area contributed by atoms with Gasteiger partial charge in [0.05, 0.1) is 5.52 Å². The van der Waals surface area contributed by atoms with Crippen molar-refractivity contribution in [3.8, 4) is 0 Å². The van der Waals surface area contributed by atoms with Gasteiger partial charge in [0, 0.05) is 35.8 Å². The molecule has 1 aromatic heterocycles. The molecule has 1 unspecified atom stereocenters. The number of hydrogen-bond donors (Lipinski definition) is 1. The normalized spacial score (nSPS) is 23.0. The van der Waals surface area contributed by atoms with Crippen LogP contribution in [0.25, 0.3) is 10.9 Å². The highest BCUT2D eigenvalue weighted by molar-refractivity contribution is 9.10. The highest BCUT2D eigenvalue weighted by Crippen LogP contribution is 2.34. The number of nitrogens with zero attached hydrogens (tertiary/aromatic N) is 3. The fourth-order valence-corrected chi connectivity index (χ4v) is 3.87. The molecule has 0 saturated carbocycles. The van der Waals surface area contributed by atoms with Gasteiger partial charge in [-0.3, -0.25) is 4.79 Å². The van der Waals surface area contributed by atoms with Crippen molar-refractivity contribution in [1.29, 1.82) is 0 Å². The highest BCUT2D eigenvalue weighted by Gasteiger charge is 2.46. The summed E-state index contributed by atoms with van der Waals surface area (Å²) in [7, 11) is 0. The highest BCUT2D eigenvalue weighted by atomic mass is 79.9. The second kappa shape index (κ2) is 5.97. The zero-order valence-electron chi connectivity index (χ0n) is 13.5. The van der Waals surface area contributed by atoms with Crippen molar-refractivity contribution in [2.75, 3.05) is 18.0 Å². The molecule has 1 aromatic carbocycles. The van der Waals surface area contributed by atoms with Crippen molar-refractivity contribution in [1.82, 2.24) is 15.3 Å². The van der Waals surface area contributed by atoms with E-state index < -0.39 is 5.72 Å². The zero-order valence-corrected chi connectivity index (χ0v) is 15.0. The van der Waals surface area contributed by atoms with Gasteiger partial charge in [-0.2, -0.15) is 0 Å². The first kappa shape index (κ1) is 15.8. The van der Waals surface area contributed by atoms with Crippen LogP contribution in [0.2, 0.25) is 0 Å². The average molecular weight is 391 g/mol. The monoisotopic (exact) mass is 390 g/mol. The Morgan fingerprint density at radius 2 is 2.17 bits per heavy atom. The van der Waals surface area contributed by atoms with Crippen LogP contribution in [-0.4, -0.2) is 40.8 Å². The Balaban J connectivity index is 1.56. The Hall–Kier alpha value is -1.73. The van der Waals surface area contributed by atoms with E-state index in [1.807, 2.05) is 25.1 Å². The SMILES string of the molecule is CCC1OC2(CCN(c3ncnc4cc(Br)ccc34)CC2)NC1=O. The maximum atomic E-state index is 12.0. The van der Waals surface area contributed by atoms with Crippen LogP contribution in [0.5, 0.6) is 0 Å². The molecule has 3 heterocycles. The summed E-state index contributed by atoms with van der Waals surface area (Å²) < 4.78 is 7.02. The van der Waals surface area contributed by atoms with Crippen molar-refractivity contribution in [2.45, 2.75) is 38.0 Å². The topological polar surface area (TPSA) is 67.3 Å². The van der Waals surface area contributed by atoms with E-state index >= 15 is 0 Å². The third-order valence-corrected chi connectivity index (χ3v) is 5.32. The summed E-state index contributed by atoms with van der Waals surface area (Å²) in [5.74, 6) is 0.960. The zero-order chi connectivity index (χ0) is 16.7. The number of fused-ring (bicyclic) bond motifs is 1. The molecule has 2 aromatic rings. The van der Waals surface area contributed by atoms with Crippen LogP contribution in [0, 0.1) is 0 Å². The number of ether oxygens (including phenoxy) is 1. The molecule has 1 N–H and O–H groups in total. The van der Waals surface area contributed by atoms with Crippen LogP contribution in [-0.2, 0) is 9.53 Å². The van der Waals surface area contributed by atoms with Gasteiger partial charge in [0.2, 0.25) is 0 Å². The van der Waals surface area contributed by atoms with E-state index in [4.69, 9.17) is 4.74 Å². The summed E-state index contributed by atoms with van der Waals surface area (Å²) in [6.45, 7) is 3.56. The van der Waals surface area contributed by atoms with E-state index in [2.05, 4.69) is 36.1 Å². The number of carbonyl (C=O) groups excluding carboxylic acids is 1. The van der Waals surface area contributed by atoms with Crippen LogP contribution in [0.4, 0.5) is 5.82 Å². The summed E-state index contributed by atoms with van der Waals surface area (Å²) in [6, 6.07) is 6.05. The smallest absolute Gasteiger partial charge is 0.251 e. The molecule has 1 atom stereocenters. The number of nitrogens with one attached hydrogen (secondary N) is 1. The molecule has 4 rings (SSSR count). The van der Waals surface area contributed by atoms with E-state index in [0.29, 0.717) is 6.42 Å². The number of anilines is 1. The van der Waals surface area contributed by atoms with Crippen molar-refractivity contribution in [3.63, 3.8) is 0 Å². The van der Waals surface area contributed by atoms with E-state index in [9.17, 15) is 4.79 Å². The van der Waals surface area contributed by atoms with Crippen LogP contribution in [0.3, 0.4) is 0 Å². The Labute approximate surface area is 148 Å². The molecular formula is C17H19BrN4O2. The van der Waals surface area contributed by atoms with Crippen LogP contribution >= 0.6 is 15.9 Å². The van der Waals surface area contributed by atoms with Crippen LogP contribution in [0.1, 0.15) is 26.2 Å². The Morgan fingerprint density at radius 3 is 2.88 bits per heavy atom. The van der Waals surface area contributed by atoms with Crippen molar-refractivity contribution < 1.29 is 9.53 Å². The van der Waals surface area contributed by atoms with Crippen molar-refractivity contribution in [2.24, 2.45) is 0 Å². The van der Waals surface area contributed by atoms with Crippen LogP contribution in [0.15, 0.2) is 29.0 Å². The molecule has 126 valence electrons. The lowest BCUT2D eigenvalue weighted by Gasteiger charge is -2.39. The quantitative estimate of drug-likeness (QED) is 0.853. The summed E-state index contributed by atoms with van der Waals surface area (Å²) >= 11 is 3.48. The minimum Gasteiger partial charge on any atom is -0.356 e. The second-order valence-electron chi connectivity index (χ2n) is 6.34. The van der Waals surface area contributed by atoms with Gasteiger partial charge >= 0.3 is 0 Å². The van der Waals surface area contributed by atoms with Gasteiger partial charge in [0.25, 0.3) is 5.91 Å². The minimum atomic E-state index is -0.500. The lowest BCUT2D eigenvalue weighted by molar-refractivity contribution is -0.124. The molecule has 0 radical (unpaired) electrons. The summed E-state index contributed by atoms with van der Waals surface area (Å²) in [6.07, 6.45) is 3.53. The van der Waals surface area contributed by atoms with Gasteiger partial charge in [0.1, 0.15) is 24.0 Å². The molecule has 2 fully saturated rings. The van der Waals surface area contributed by atoms with Crippen molar-refractivity contribution in [3.05, 3.63) is 29.0 Å². The van der Waals surface area contributed by atoms with Gasteiger partial charge in [0.15, 0.2) is 0 Å². The molecule has 24 heavy (non-hydrogen) atoms. The molecule has 2 aliphatic rings. The first-order chi connectivity index (χ1) is 11.6. The van der Waals surface area contributed by atoms with E-state index in [1.165, 1.54) is 0 Å². The number of halogens is 1. The standard InChI is InChI=1S/C17H19BrN4O2/c1-2-14-16(23)21-17(24-14)5-7-22(8-6-17)15-12-4-3-11(18)9-13(12)19-10-20-15/h3-4,9-10,14H,2,5-8H2,1H3,(H,21,23). The van der Waals surface area contributed by atoms with Gasteiger partial charge < -0.3 is 15.0 Å². The number of hydrogen-bond acceptors (Lipinski definition) is 5. The molecule has 1 spiro atoms. The Morgan fingerprint density at radius 1 is 1.38 bits per heavy atom. The first-order valence-corrected chi connectivity index (χ1v) is 9.04. The molecule has 7 heteroatoms. The predicted molar refractivity (Wildman–Crippen MR) is 94.7 cm³/mol. The van der Waals surface area contributed by atoms with E-state index in [0.717, 1.165) is 47.1 Å². The molecule has 6 nitrogen and oxygen atoms in total. The third-order valence-electron chi connectivity index (χ3n) is 4.83. The fourth-order valence-electron chi connectivity index (χ4n) is 3.52. The minimum absolute atomic E-state index is 0.0169. The van der Waals surface area contributed by atoms with Crippen LogP contribution < -0.4 is 10.2 Å². The van der Waals surface area contributed by atoms with Gasteiger partial charge in [-0.15, -0.1) is 0 Å².